The number of ether oxygens (including phenoxy) is 2. The first-order valence-corrected chi connectivity index (χ1v) is 13.0. The Labute approximate surface area is 227 Å². The summed E-state index contributed by atoms with van der Waals surface area (Å²) in [5.41, 5.74) is 1.87. The molecule has 5 rings (SSSR count). The number of pyridine rings is 1. The fourth-order valence-corrected chi connectivity index (χ4v) is 5.29. The van der Waals surface area contributed by atoms with Crippen molar-refractivity contribution in [1.29, 1.82) is 0 Å². The van der Waals surface area contributed by atoms with Crippen LogP contribution in [0.1, 0.15) is 44.7 Å². The van der Waals surface area contributed by atoms with Crippen molar-refractivity contribution in [2.75, 3.05) is 26.8 Å². The average molecular weight is 529 g/mol. The Morgan fingerprint density at radius 3 is 2.46 bits per heavy atom. The van der Waals surface area contributed by atoms with E-state index < -0.39 is 11.8 Å². The minimum atomic E-state index is -0.984. The van der Waals surface area contributed by atoms with Crippen molar-refractivity contribution in [2.45, 2.75) is 38.1 Å². The number of rotatable bonds is 6. The third-order valence-electron chi connectivity index (χ3n) is 7.39. The molecule has 39 heavy (non-hydrogen) atoms. The summed E-state index contributed by atoms with van der Waals surface area (Å²) in [5.74, 6) is -0.0375. The summed E-state index contributed by atoms with van der Waals surface area (Å²) in [6.45, 7) is 3.08. The minimum Gasteiger partial charge on any atom is -0.497 e. The standard InChI is InChI=1S/C30H32N4O5/c1-21-6-3-8-23(16-21)29(37)34-26(27(35)32-19-22-7-5-13-31-18-22)20-39-30(34)11-14-33(15-12-30)28(36)24-9-4-10-25(17-24)38-2/h3-10,13,16-18,26H,11-12,14-15,19-20H2,1-2H3,(H,32,35)/t26-/m1/s1. The molecular weight excluding hydrogens is 496 g/mol. The van der Waals surface area contributed by atoms with Gasteiger partial charge >= 0.3 is 0 Å². The lowest BCUT2D eigenvalue weighted by Gasteiger charge is -2.44. The van der Waals surface area contributed by atoms with E-state index >= 15 is 0 Å². The highest BCUT2D eigenvalue weighted by Crippen LogP contribution is 2.39. The molecule has 0 aliphatic carbocycles. The number of piperidine rings is 1. The molecule has 0 bridgehead atoms. The lowest BCUT2D eigenvalue weighted by Crippen LogP contribution is -2.59. The number of benzene rings is 2. The van der Waals surface area contributed by atoms with Gasteiger partial charge in [-0.25, -0.2) is 0 Å². The fraction of sp³-hybridized carbons (Fsp3) is 0.333. The molecule has 2 aromatic carbocycles. The molecule has 1 N–H and O–H groups in total. The van der Waals surface area contributed by atoms with Gasteiger partial charge in [-0.2, -0.15) is 0 Å². The normalized spacial score (nSPS) is 18.2. The van der Waals surface area contributed by atoms with Crippen molar-refractivity contribution < 1.29 is 23.9 Å². The maximum Gasteiger partial charge on any atom is 0.256 e. The Morgan fingerprint density at radius 2 is 1.77 bits per heavy atom. The highest BCUT2D eigenvalue weighted by atomic mass is 16.5. The number of hydrogen-bond donors (Lipinski definition) is 1. The number of aryl methyl sites for hydroxylation is 1. The van der Waals surface area contributed by atoms with Gasteiger partial charge in [0.05, 0.1) is 13.7 Å². The summed E-state index contributed by atoms with van der Waals surface area (Å²) in [6.07, 6.45) is 4.16. The Balaban J connectivity index is 1.36. The van der Waals surface area contributed by atoms with E-state index in [1.807, 2.05) is 37.3 Å². The van der Waals surface area contributed by atoms with Crippen LogP contribution >= 0.6 is 0 Å². The van der Waals surface area contributed by atoms with Gasteiger partial charge in [0.1, 0.15) is 17.5 Å². The number of nitrogens with one attached hydrogen (secondary N) is 1. The zero-order valence-corrected chi connectivity index (χ0v) is 22.1. The van der Waals surface area contributed by atoms with E-state index in [0.717, 1.165) is 11.1 Å². The Kier molecular flexibility index (Phi) is 7.60. The van der Waals surface area contributed by atoms with Gasteiger partial charge < -0.3 is 19.7 Å². The third-order valence-corrected chi connectivity index (χ3v) is 7.39. The first kappa shape index (κ1) is 26.4. The van der Waals surface area contributed by atoms with Crippen LogP contribution in [-0.4, -0.2) is 71.1 Å². The van der Waals surface area contributed by atoms with E-state index in [2.05, 4.69) is 10.3 Å². The van der Waals surface area contributed by atoms with E-state index in [-0.39, 0.29) is 24.3 Å². The van der Waals surface area contributed by atoms with Crippen LogP contribution in [-0.2, 0) is 16.1 Å². The number of aromatic nitrogens is 1. The molecule has 3 aromatic rings. The van der Waals surface area contributed by atoms with Crippen LogP contribution in [0.5, 0.6) is 5.75 Å². The first-order valence-electron chi connectivity index (χ1n) is 13.0. The Hall–Kier alpha value is -4.24. The molecule has 9 nitrogen and oxygen atoms in total. The molecule has 202 valence electrons. The van der Waals surface area contributed by atoms with Crippen molar-refractivity contribution in [3.63, 3.8) is 0 Å². The van der Waals surface area contributed by atoms with Crippen LogP contribution in [0, 0.1) is 6.92 Å². The van der Waals surface area contributed by atoms with Crippen molar-refractivity contribution in [2.24, 2.45) is 0 Å². The molecule has 2 saturated heterocycles. The number of likely N-dealkylation sites (tertiary alicyclic amines) is 1. The Bertz CT molecular complexity index is 1350. The number of carbonyl (C=O) groups is 3. The van der Waals surface area contributed by atoms with Gasteiger partial charge in [0.2, 0.25) is 5.91 Å². The molecule has 0 saturated carbocycles. The summed E-state index contributed by atoms with van der Waals surface area (Å²) in [6, 6.07) is 17.3. The van der Waals surface area contributed by atoms with Crippen LogP contribution in [0.3, 0.4) is 0 Å². The van der Waals surface area contributed by atoms with Gasteiger partial charge in [-0.05, 0) is 48.9 Å². The second-order valence-corrected chi connectivity index (χ2v) is 9.92. The maximum atomic E-state index is 13.9. The van der Waals surface area contributed by atoms with Crippen molar-refractivity contribution >= 4 is 17.7 Å². The van der Waals surface area contributed by atoms with Gasteiger partial charge in [0.15, 0.2) is 0 Å². The minimum absolute atomic E-state index is 0.0836. The molecule has 3 heterocycles. The number of hydrogen-bond acceptors (Lipinski definition) is 6. The van der Waals surface area contributed by atoms with E-state index in [9.17, 15) is 14.4 Å². The van der Waals surface area contributed by atoms with E-state index in [0.29, 0.717) is 49.4 Å². The summed E-state index contributed by atoms with van der Waals surface area (Å²) >= 11 is 0. The predicted molar refractivity (Wildman–Crippen MR) is 144 cm³/mol. The van der Waals surface area contributed by atoms with Gasteiger partial charge in [-0.15, -0.1) is 0 Å². The molecule has 2 aliphatic heterocycles. The monoisotopic (exact) mass is 528 g/mol. The third kappa shape index (κ3) is 5.49. The van der Waals surface area contributed by atoms with Gasteiger partial charge in [-0.1, -0.05) is 29.8 Å². The molecule has 0 unspecified atom stereocenters. The number of carbonyl (C=O) groups excluding carboxylic acids is 3. The van der Waals surface area contributed by atoms with E-state index in [1.165, 1.54) is 0 Å². The quantitative estimate of drug-likeness (QED) is 0.528. The second-order valence-electron chi connectivity index (χ2n) is 9.92. The molecule has 9 heteroatoms. The largest absolute Gasteiger partial charge is 0.497 e. The molecule has 1 aromatic heterocycles. The van der Waals surface area contributed by atoms with Crippen molar-refractivity contribution in [3.8, 4) is 5.75 Å². The molecule has 3 amide bonds. The molecule has 2 aliphatic rings. The summed E-state index contributed by atoms with van der Waals surface area (Å²) in [5, 5.41) is 2.94. The van der Waals surface area contributed by atoms with E-state index in [4.69, 9.17) is 9.47 Å². The van der Waals surface area contributed by atoms with Crippen molar-refractivity contribution in [3.05, 3.63) is 95.3 Å². The van der Waals surface area contributed by atoms with Crippen LogP contribution in [0.25, 0.3) is 0 Å². The van der Waals surface area contributed by atoms with Gasteiger partial charge in [0.25, 0.3) is 11.8 Å². The molecule has 0 radical (unpaired) electrons. The highest BCUT2D eigenvalue weighted by molar-refractivity contribution is 5.99. The number of amides is 3. The van der Waals surface area contributed by atoms with Gasteiger partial charge in [0, 0.05) is 56.0 Å². The van der Waals surface area contributed by atoms with Gasteiger partial charge in [-0.3, -0.25) is 24.3 Å². The highest BCUT2D eigenvalue weighted by Gasteiger charge is 2.54. The molecule has 1 atom stereocenters. The van der Waals surface area contributed by atoms with Crippen LogP contribution < -0.4 is 10.1 Å². The zero-order chi connectivity index (χ0) is 27.4. The fourth-order valence-electron chi connectivity index (χ4n) is 5.29. The SMILES string of the molecule is COc1cccc(C(=O)N2CCC3(CC2)OC[C@H](C(=O)NCc2cccnc2)N3C(=O)c2cccc(C)c2)c1. The number of methoxy groups -OCH3 is 1. The van der Waals surface area contributed by atoms with E-state index in [1.54, 1.807) is 59.6 Å². The summed E-state index contributed by atoms with van der Waals surface area (Å²) < 4.78 is 11.6. The molecule has 1 spiro atoms. The predicted octanol–water partition coefficient (Wildman–Crippen LogP) is 3.19. The first-order chi connectivity index (χ1) is 18.9. The number of nitrogens with zero attached hydrogens (tertiary/aromatic N) is 3. The lowest BCUT2D eigenvalue weighted by atomic mass is 9.95. The second kappa shape index (κ2) is 11.2. The average Bonchev–Trinajstić information content (AvgIpc) is 3.34. The summed E-state index contributed by atoms with van der Waals surface area (Å²) in [7, 11) is 1.56. The smallest absolute Gasteiger partial charge is 0.256 e. The zero-order valence-electron chi connectivity index (χ0n) is 22.1. The van der Waals surface area contributed by atoms with Crippen molar-refractivity contribution in [1.82, 2.24) is 20.1 Å². The topological polar surface area (TPSA) is 101 Å². The van der Waals surface area contributed by atoms with Crippen LogP contribution in [0.2, 0.25) is 0 Å². The summed E-state index contributed by atoms with van der Waals surface area (Å²) in [4.78, 5) is 48.0. The Morgan fingerprint density at radius 1 is 1.03 bits per heavy atom. The van der Waals surface area contributed by atoms with Crippen LogP contribution in [0.15, 0.2) is 73.1 Å². The molecular formula is C30H32N4O5. The van der Waals surface area contributed by atoms with Crippen LogP contribution in [0.4, 0.5) is 0 Å². The molecule has 2 fully saturated rings. The maximum absolute atomic E-state index is 13.9. The lowest BCUT2D eigenvalue weighted by molar-refractivity contribution is -0.128.